The molecule has 0 aliphatic heterocycles. The van der Waals surface area contributed by atoms with Crippen molar-refractivity contribution >= 4 is 5.97 Å². The summed E-state index contributed by atoms with van der Waals surface area (Å²) >= 11 is 0. The summed E-state index contributed by atoms with van der Waals surface area (Å²) in [5.41, 5.74) is 2.43. The highest BCUT2D eigenvalue weighted by molar-refractivity contribution is 5.87. The molecule has 0 aromatic heterocycles. The van der Waals surface area contributed by atoms with Gasteiger partial charge in [-0.05, 0) is 41.8 Å². The van der Waals surface area contributed by atoms with Gasteiger partial charge >= 0.3 is 5.97 Å². The lowest BCUT2D eigenvalue weighted by Crippen LogP contribution is -2.13. The molecule has 0 atom stereocenters. The molecule has 2 N–H and O–H groups in total. The first kappa shape index (κ1) is 17.5. The minimum atomic E-state index is -0.916. The highest BCUT2D eigenvalue weighted by Gasteiger charge is 2.02. The molecule has 0 unspecified atom stereocenters. The highest BCUT2D eigenvalue weighted by atomic mass is 16.5. The minimum absolute atomic E-state index is 0.292. The van der Waals surface area contributed by atoms with Gasteiger partial charge in [0, 0.05) is 19.5 Å². The van der Waals surface area contributed by atoms with E-state index in [4.69, 9.17) is 15.1 Å². The second-order valence-corrected chi connectivity index (χ2v) is 5.36. The average molecular weight is 324 g/mol. The predicted molar refractivity (Wildman–Crippen MR) is 90.7 cm³/mol. The molecule has 0 saturated carbocycles. The van der Waals surface area contributed by atoms with Crippen molar-refractivity contribution in [3.63, 3.8) is 0 Å². The lowest BCUT2D eigenvalue weighted by Gasteiger charge is -2.09. The molecule has 2 aromatic rings. The normalized spacial score (nSPS) is 10.1. The predicted octanol–water partition coefficient (Wildman–Crippen LogP) is 3.36. The number of carboxylic acids is 1. The van der Waals surface area contributed by atoms with Crippen molar-refractivity contribution in [2.75, 3.05) is 6.61 Å². The number of hydrogen-bond donors (Lipinski definition) is 2. The fourth-order valence-corrected chi connectivity index (χ4v) is 2.20. The molecule has 0 saturated heterocycles. The van der Waals surface area contributed by atoms with Crippen molar-refractivity contribution in [2.24, 2.45) is 0 Å². The van der Waals surface area contributed by atoms with Crippen molar-refractivity contribution in [1.82, 2.24) is 5.32 Å². The van der Waals surface area contributed by atoms with E-state index in [-0.39, 0.29) is 0 Å². The Bertz CT molecular complexity index is 705. The van der Waals surface area contributed by atoms with Crippen LogP contribution in [0.15, 0.2) is 48.5 Å². The van der Waals surface area contributed by atoms with E-state index in [9.17, 15) is 4.79 Å². The standard InChI is InChI=1S/C19H20N2O3/c20-10-1-2-11-24-18-5-3-4-16(12-18)14-21-13-15-6-8-17(9-7-15)19(22)23/h3-9,12,21H,1-2,11,13-14H2,(H,22,23). The van der Waals surface area contributed by atoms with Crippen LogP contribution in [0.2, 0.25) is 0 Å². The fraction of sp³-hybridized carbons (Fsp3) is 0.263. The van der Waals surface area contributed by atoms with E-state index in [1.165, 1.54) is 0 Å². The van der Waals surface area contributed by atoms with E-state index in [0.717, 1.165) is 23.3 Å². The average Bonchev–Trinajstić information content (AvgIpc) is 2.60. The fourth-order valence-electron chi connectivity index (χ4n) is 2.20. The van der Waals surface area contributed by atoms with Crippen LogP contribution in [0.25, 0.3) is 0 Å². The van der Waals surface area contributed by atoms with Crippen LogP contribution in [0.4, 0.5) is 0 Å². The van der Waals surface area contributed by atoms with Crippen molar-refractivity contribution in [1.29, 1.82) is 5.26 Å². The van der Waals surface area contributed by atoms with Gasteiger partial charge in [0.25, 0.3) is 0 Å². The molecule has 5 nitrogen and oxygen atoms in total. The maximum absolute atomic E-state index is 10.8. The maximum atomic E-state index is 10.8. The summed E-state index contributed by atoms with van der Waals surface area (Å²) in [4.78, 5) is 10.8. The van der Waals surface area contributed by atoms with Crippen LogP contribution in [0, 0.1) is 11.3 Å². The number of hydrogen-bond acceptors (Lipinski definition) is 4. The second kappa shape index (κ2) is 9.33. The third kappa shape index (κ3) is 5.75. The zero-order valence-corrected chi connectivity index (χ0v) is 13.4. The molecule has 0 amide bonds. The third-order valence-electron chi connectivity index (χ3n) is 3.46. The number of carbonyl (C=O) groups is 1. The van der Waals surface area contributed by atoms with Crippen molar-refractivity contribution in [3.8, 4) is 11.8 Å². The first-order chi connectivity index (χ1) is 11.7. The largest absolute Gasteiger partial charge is 0.494 e. The van der Waals surface area contributed by atoms with Gasteiger partial charge < -0.3 is 15.2 Å². The van der Waals surface area contributed by atoms with Crippen molar-refractivity contribution in [3.05, 3.63) is 65.2 Å². The van der Waals surface area contributed by atoms with Crippen molar-refractivity contribution < 1.29 is 14.6 Å². The summed E-state index contributed by atoms with van der Waals surface area (Å²) in [6.07, 6.45) is 1.23. The summed E-state index contributed by atoms with van der Waals surface area (Å²) in [6.45, 7) is 1.89. The molecule has 0 aliphatic carbocycles. The number of nitriles is 1. The SMILES string of the molecule is N#CCCCOc1cccc(CNCc2ccc(C(=O)O)cc2)c1. The monoisotopic (exact) mass is 324 g/mol. The van der Waals surface area contributed by atoms with Crippen molar-refractivity contribution in [2.45, 2.75) is 25.9 Å². The summed E-state index contributed by atoms with van der Waals surface area (Å²) in [7, 11) is 0. The highest BCUT2D eigenvalue weighted by Crippen LogP contribution is 2.14. The topological polar surface area (TPSA) is 82.3 Å². The molecule has 0 bridgehead atoms. The van der Waals surface area contributed by atoms with Gasteiger partial charge in [0.2, 0.25) is 0 Å². The lowest BCUT2D eigenvalue weighted by molar-refractivity contribution is 0.0697. The van der Waals surface area contributed by atoms with Gasteiger partial charge in [-0.15, -0.1) is 0 Å². The zero-order valence-electron chi connectivity index (χ0n) is 13.4. The number of benzene rings is 2. The second-order valence-electron chi connectivity index (χ2n) is 5.36. The first-order valence-electron chi connectivity index (χ1n) is 7.80. The van der Waals surface area contributed by atoms with E-state index >= 15 is 0 Å². The quantitative estimate of drug-likeness (QED) is 0.691. The van der Waals surface area contributed by atoms with Gasteiger partial charge in [-0.25, -0.2) is 4.79 Å². The van der Waals surface area contributed by atoms with Crippen LogP contribution in [-0.4, -0.2) is 17.7 Å². The van der Waals surface area contributed by atoms with Gasteiger partial charge in [0.05, 0.1) is 18.2 Å². The van der Waals surface area contributed by atoms with Gasteiger partial charge in [-0.1, -0.05) is 24.3 Å². The molecular weight excluding hydrogens is 304 g/mol. The molecule has 2 rings (SSSR count). The Morgan fingerprint density at radius 2 is 1.88 bits per heavy atom. The molecule has 124 valence electrons. The first-order valence-corrected chi connectivity index (χ1v) is 7.80. The molecule has 2 aromatic carbocycles. The van der Waals surface area contributed by atoms with Crippen LogP contribution in [0.3, 0.4) is 0 Å². The van der Waals surface area contributed by atoms with Gasteiger partial charge in [-0.2, -0.15) is 5.26 Å². The Morgan fingerprint density at radius 1 is 1.12 bits per heavy atom. The number of nitrogens with one attached hydrogen (secondary N) is 1. The van der Waals surface area contributed by atoms with E-state index in [2.05, 4.69) is 11.4 Å². The molecule has 5 heteroatoms. The number of aromatic carboxylic acids is 1. The number of unbranched alkanes of at least 4 members (excludes halogenated alkanes) is 1. The zero-order chi connectivity index (χ0) is 17.2. The Morgan fingerprint density at radius 3 is 2.58 bits per heavy atom. The third-order valence-corrected chi connectivity index (χ3v) is 3.46. The Labute approximate surface area is 141 Å². The molecule has 0 spiro atoms. The van der Waals surface area contributed by atoms with E-state index in [1.54, 1.807) is 12.1 Å². The number of carboxylic acid groups (broad SMARTS) is 1. The molecule has 0 fully saturated rings. The minimum Gasteiger partial charge on any atom is -0.494 e. The van der Waals surface area contributed by atoms with Crippen LogP contribution in [-0.2, 0) is 13.1 Å². The number of ether oxygens (including phenoxy) is 1. The Hall–Kier alpha value is -2.84. The van der Waals surface area contributed by atoms with Crippen LogP contribution in [0.1, 0.15) is 34.3 Å². The summed E-state index contributed by atoms with van der Waals surface area (Å²) < 4.78 is 5.61. The van der Waals surface area contributed by atoms with E-state index < -0.39 is 5.97 Å². The van der Waals surface area contributed by atoms with E-state index in [1.807, 2.05) is 36.4 Å². The van der Waals surface area contributed by atoms with Crippen LogP contribution < -0.4 is 10.1 Å². The van der Waals surface area contributed by atoms with Crippen LogP contribution >= 0.6 is 0 Å². The van der Waals surface area contributed by atoms with Gasteiger partial charge in [0.1, 0.15) is 5.75 Å². The lowest BCUT2D eigenvalue weighted by atomic mass is 10.1. The van der Waals surface area contributed by atoms with Gasteiger partial charge in [-0.3, -0.25) is 0 Å². The number of nitrogens with zero attached hydrogens (tertiary/aromatic N) is 1. The van der Waals surface area contributed by atoms with E-state index in [0.29, 0.717) is 31.7 Å². The molecule has 0 aliphatic rings. The molecule has 24 heavy (non-hydrogen) atoms. The molecular formula is C19H20N2O3. The van der Waals surface area contributed by atoms with Crippen LogP contribution in [0.5, 0.6) is 5.75 Å². The molecule has 0 heterocycles. The maximum Gasteiger partial charge on any atom is 0.335 e. The smallest absolute Gasteiger partial charge is 0.335 e. The number of rotatable bonds is 9. The Kier molecular flexibility index (Phi) is 6.81. The summed E-state index contributed by atoms with van der Waals surface area (Å²) in [6, 6.07) is 16.8. The summed E-state index contributed by atoms with van der Waals surface area (Å²) in [5, 5.41) is 20.7. The Balaban J connectivity index is 1.79. The molecule has 0 radical (unpaired) electrons. The summed E-state index contributed by atoms with van der Waals surface area (Å²) in [5.74, 6) is -0.112. The van der Waals surface area contributed by atoms with Gasteiger partial charge in [0.15, 0.2) is 0 Å².